The lowest BCUT2D eigenvalue weighted by Crippen LogP contribution is -2.26. The van der Waals surface area contributed by atoms with Crippen LogP contribution in [0.3, 0.4) is 0 Å². The predicted octanol–water partition coefficient (Wildman–Crippen LogP) is 26.0. The average Bonchev–Trinajstić information content (AvgIpc) is 1.50. The van der Waals surface area contributed by atoms with Gasteiger partial charge in [0.2, 0.25) is 0 Å². The number of fused-ring (bicyclic) bond motifs is 10. The fourth-order valence-corrected chi connectivity index (χ4v) is 15.8. The maximum Gasteiger partial charge on any atom is 0.0726 e. The number of hydrogen-bond acceptors (Lipinski definition) is 0. The zero-order valence-corrected chi connectivity index (χ0v) is 53.5. The van der Waals surface area contributed by atoms with Crippen molar-refractivity contribution < 1.29 is 0 Å². The van der Waals surface area contributed by atoms with Crippen LogP contribution >= 0.6 is 0 Å². The summed E-state index contributed by atoms with van der Waals surface area (Å²) in [7, 11) is 0. The minimum atomic E-state index is -0.766. The molecular weight excluding hydrogens is 1170 g/mol. The Morgan fingerprint density at radius 3 is 0.485 bits per heavy atom. The topological polar surface area (TPSA) is 0 Å². The molecule has 0 radical (unpaired) electrons. The third kappa shape index (κ3) is 10.0. The molecule has 0 bridgehead atoms. The summed E-state index contributed by atoms with van der Waals surface area (Å²) in [4.78, 5) is 0. The van der Waals surface area contributed by atoms with Gasteiger partial charge in [0.05, 0.1) is 5.41 Å². The highest BCUT2D eigenvalue weighted by Gasteiger charge is 2.52. The first-order valence-corrected chi connectivity index (χ1v) is 33.7. The van der Waals surface area contributed by atoms with Gasteiger partial charge in [-0.3, -0.25) is 0 Å². The van der Waals surface area contributed by atoms with Crippen LogP contribution in [0.2, 0.25) is 0 Å². The Labute approximate surface area is 568 Å². The zero-order chi connectivity index (χ0) is 64.2. The number of hydrogen-bond donors (Lipinski definition) is 0. The zero-order valence-electron chi connectivity index (χ0n) is 53.5. The van der Waals surface area contributed by atoms with E-state index in [0.717, 1.165) is 0 Å². The maximum atomic E-state index is 2.55. The molecule has 97 heavy (non-hydrogen) atoms. The van der Waals surface area contributed by atoms with Gasteiger partial charge in [0.1, 0.15) is 0 Å². The third-order valence-corrected chi connectivity index (χ3v) is 20.3. The van der Waals surface area contributed by atoms with Crippen LogP contribution in [0.15, 0.2) is 388 Å². The second kappa shape index (κ2) is 24.1. The summed E-state index contributed by atoms with van der Waals surface area (Å²) in [5, 5.41) is 0. The summed E-state index contributed by atoms with van der Waals surface area (Å²) in [5.74, 6) is 0. The van der Waals surface area contributed by atoms with E-state index >= 15 is 0 Å². The fourth-order valence-electron chi connectivity index (χ4n) is 15.8. The van der Waals surface area contributed by atoms with Crippen LogP contribution in [0, 0.1) is 0 Å². The molecule has 0 heteroatoms. The molecule has 16 aromatic rings. The molecule has 18 rings (SSSR count). The summed E-state index contributed by atoms with van der Waals surface area (Å²) in [5.41, 5.74) is 37.9. The smallest absolute Gasteiger partial charge is 0.0622 e. The molecule has 0 unspecified atom stereocenters. The Kier molecular flexibility index (Phi) is 14.2. The van der Waals surface area contributed by atoms with E-state index in [1.54, 1.807) is 0 Å². The van der Waals surface area contributed by atoms with Crippen LogP contribution in [0.25, 0.3) is 156 Å². The second-order valence-electron chi connectivity index (χ2n) is 25.8. The van der Waals surface area contributed by atoms with Gasteiger partial charge in [-0.15, -0.1) is 0 Å². The molecule has 0 saturated carbocycles. The highest BCUT2D eigenvalue weighted by Crippen LogP contribution is 2.65. The predicted molar refractivity (Wildman–Crippen MR) is 408 cm³/mol. The minimum Gasteiger partial charge on any atom is -0.0622 e. The molecule has 0 aromatic heterocycles. The van der Waals surface area contributed by atoms with Crippen molar-refractivity contribution in [2.75, 3.05) is 0 Å². The first-order valence-electron chi connectivity index (χ1n) is 33.7. The van der Waals surface area contributed by atoms with Crippen LogP contribution in [0.5, 0.6) is 0 Å². The van der Waals surface area contributed by atoms with Gasteiger partial charge in [-0.05, 0) is 227 Å². The summed E-state index contributed by atoms with van der Waals surface area (Å²) in [6, 6.07) is 145. The number of benzene rings is 16. The molecule has 0 saturated heterocycles. The van der Waals surface area contributed by atoms with E-state index in [-0.39, 0.29) is 0 Å². The molecule has 0 atom stereocenters. The Balaban J connectivity index is 0.867. The maximum absolute atomic E-state index is 2.55. The molecular formula is C97H64. The van der Waals surface area contributed by atoms with E-state index < -0.39 is 5.41 Å². The minimum absolute atomic E-state index is 0.766. The monoisotopic (exact) mass is 1230 g/mol. The summed E-state index contributed by atoms with van der Waals surface area (Å²) in [6.07, 6.45) is 0. The fraction of sp³-hybridized carbons (Fsp3) is 0.0103. The van der Waals surface area contributed by atoms with Crippen LogP contribution in [-0.4, -0.2) is 0 Å². The van der Waals surface area contributed by atoms with Crippen molar-refractivity contribution in [3.63, 3.8) is 0 Å². The first-order chi connectivity index (χ1) is 48.1. The van der Waals surface area contributed by atoms with Gasteiger partial charge in [0.15, 0.2) is 0 Å². The summed E-state index contributed by atoms with van der Waals surface area (Å²) < 4.78 is 0. The van der Waals surface area contributed by atoms with Crippen molar-refractivity contribution in [2.24, 2.45) is 0 Å². The standard InChI is InChI=1S/C97H64/c1-5-25-65(26-6-1)81-41-13-17-45-85(81)77-37-21-33-69(57-77)73-49-53-89-90-54-50-74(70-34-22-38-78(58-70)86-46-18-14-42-82(86)66-27-7-2-8-28-66)62-94(90)97(93(89)61-73)95-63-75(71-35-23-39-79(59-71)87-47-19-15-43-83(87)67-29-9-3-10-30-67)51-55-91(95)92-56-52-76(64-96(92)97)72-36-24-40-80(60-72)88-48-20-16-44-84(88)68-31-11-4-12-32-68/h1-64H. The molecule has 0 amide bonds. The summed E-state index contributed by atoms with van der Waals surface area (Å²) >= 11 is 0. The van der Waals surface area contributed by atoms with E-state index in [0.29, 0.717) is 0 Å². The van der Waals surface area contributed by atoms with Gasteiger partial charge < -0.3 is 0 Å². The van der Waals surface area contributed by atoms with Gasteiger partial charge in [-0.1, -0.05) is 340 Å². The second-order valence-corrected chi connectivity index (χ2v) is 25.8. The largest absolute Gasteiger partial charge is 0.0726 e. The Morgan fingerprint density at radius 2 is 0.268 bits per heavy atom. The molecule has 1 spiro atoms. The molecule has 0 nitrogen and oxygen atoms in total. The van der Waals surface area contributed by atoms with Crippen molar-refractivity contribution in [3.05, 3.63) is 411 Å². The van der Waals surface area contributed by atoms with Gasteiger partial charge in [0, 0.05) is 0 Å². The van der Waals surface area contributed by atoms with Crippen molar-refractivity contribution in [2.45, 2.75) is 5.41 Å². The van der Waals surface area contributed by atoms with Crippen molar-refractivity contribution in [3.8, 4) is 156 Å². The van der Waals surface area contributed by atoms with Crippen LogP contribution in [0.4, 0.5) is 0 Å². The lowest BCUT2D eigenvalue weighted by Gasteiger charge is -2.32. The van der Waals surface area contributed by atoms with E-state index in [1.165, 1.54) is 178 Å². The van der Waals surface area contributed by atoms with E-state index in [1.807, 2.05) is 0 Å². The van der Waals surface area contributed by atoms with E-state index in [4.69, 9.17) is 0 Å². The molecule has 0 heterocycles. The average molecular weight is 1230 g/mol. The van der Waals surface area contributed by atoms with Crippen LogP contribution in [0.1, 0.15) is 22.3 Å². The SMILES string of the molecule is c1ccc(-c2ccccc2-c2cccc(-c3ccc4c(c3)C3(c5cc(-c6cccc(-c7ccccc7-c7ccccc7)c6)ccc5-4)c4cc(-c5cccc(-c6ccccc6-c6ccccc6)c5)ccc4-c4ccc(-c5cccc(-c6ccccc6-c6ccccc6)c5)cc43)c2)cc1. The van der Waals surface area contributed by atoms with Crippen LogP contribution < -0.4 is 0 Å². The molecule has 16 aromatic carbocycles. The molecule has 2 aliphatic carbocycles. The van der Waals surface area contributed by atoms with Gasteiger partial charge >= 0.3 is 0 Å². The van der Waals surface area contributed by atoms with Crippen LogP contribution in [-0.2, 0) is 5.41 Å². The Hall–Kier alpha value is -12.5. The molecule has 2 aliphatic rings. The molecule has 0 aliphatic heterocycles. The highest BCUT2D eigenvalue weighted by molar-refractivity contribution is 6.00. The normalized spacial score (nSPS) is 12.2. The first kappa shape index (κ1) is 57.2. The van der Waals surface area contributed by atoms with Crippen molar-refractivity contribution >= 4 is 0 Å². The van der Waals surface area contributed by atoms with E-state index in [9.17, 15) is 0 Å². The highest BCUT2D eigenvalue weighted by atomic mass is 14.5. The Morgan fingerprint density at radius 1 is 0.103 bits per heavy atom. The number of rotatable bonds is 12. The third-order valence-electron chi connectivity index (χ3n) is 20.3. The van der Waals surface area contributed by atoms with Gasteiger partial charge in [-0.25, -0.2) is 0 Å². The van der Waals surface area contributed by atoms with Crippen molar-refractivity contribution in [1.29, 1.82) is 0 Å². The molecule has 0 N–H and O–H groups in total. The lowest BCUT2D eigenvalue weighted by atomic mass is 9.69. The quantitative estimate of drug-likeness (QED) is 0.114. The van der Waals surface area contributed by atoms with E-state index in [2.05, 4.69) is 388 Å². The van der Waals surface area contributed by atoms with Gasteiger partial charge in [0.25, 0.3) is 0 Å². The lowest BCUT2D eigenvalue weighted by molar-refractivity contribution is 0.795. The Bertz CT molecular complexity index is 4970. The molecule has 0 fully saturated rings. The van der Waals surface area contributed by atoms with Crippen molar-refractivity contribution in [1.82, 2.24) is 0 Å². The molecule has 452 valence electrons. The van der Waals surface area contributed by atoms with Gasteiger partial charge in [-0.2, -0.15) is 0 Å². The summed E-state index contributed by atoms with van der Waals surface area (Å²) in [6.45, 7) is 0.